The highest BCUT2D eigenvalue weighted by molar-refractivity contribution is 5.76. The van der Waals surface area contributed by atoms with Gasteiger partial charge in [-0.05, 0) is 31.4 Å². The van der Waals surface area contributed by atoms with Crippen LogP contribution in [0.4, 0.5) is 0 Å². The first-order chi connectivity index (χ1) is 16.0. The molecule has 1 saturated carbocycles. The first kappa shape index (κ1) is 22.9. The number of carbonyl (C=O) groups is 2. The molecular weight excluding hydrogens is 420 g/mol. The Morgan fingerprint density at radius 1 is 1.09 bits per heavy atom. The minimum Gasteiger partial charge on any atom is -0.356 e. The number of aryl methyl sites for hydroxylation is 2. The zero-order chi connectivity index (χ0) is 23.1. The van der Waals surface area contributed by atoms with E-state index in [-0.39, 0.29) is 18.2 Å². The van der Waals surface area contributed by atoms with Crippen LogP contribution in [0.2, 0.25) is 0 Å². The Balaban J connectivity index is 1.23. The summed E-state index contributed by atoms with van der Waals surface area (Å²) >= 11 is 0. The first-order valence-corrected chi connectivity index (χ1v) is 11.9. The summed E-state index contributed by atoms with van der Waals surface area (Å²) in [6.07, 6.45) is 8.14. The average molecular weight is 453 g/mol. The third-order valence-electron chi connectivity index (χ3n) is 6.19. The van der Waals surface area contributed by atoms with Crippen LogP contribution in [0.5, 0.6) is 0 Å². The molecular formula is C24H32N6O3. The van der Waals surface area contributed by atoms with Gasteiger partial charge in [0, 0.05) is 32.7 Å². The van der Waals surface area contributed by atoms with Crippen molar-refractivity contribution in [1.29, 1.82) is 0 Å². The molecule has 176 valence electrons. The van der Waals surface area contributed by atoms with Crippen molar-refractivity contribution in [2.75, 3.05) is 6.54 Å². The number of nitrogens with zero attached hydrogens (tertiary/aromatic N) is 3. The van der Waals surface area contributed by atoms with Crippen molar-refractivity contribution in [3.63, 3.8) is 0 Å². The number of hydrogen-bond acceptors (Lipinski definition) is 6. The quantitative estimate of drug-likeness (QED) is 0.338. The highest BCUT2D eigenvalue weighted by Gasteiger charge is 2.38. The predicted octanol–water partition coefficient (Wildman–Crippen LogP) is 3.31. The van der Waals surface area contributed by atoms with Crippen molar-refractivity contribution in [2.45, 2.75) is 76.7 Å². The van der Waals surface area contributed by atoms with Gasteiger partial charge >= 0.3 is 0 Å². The predicted molar refractivity (Wildman–Crippen MR) is 123 cm³/mol. The van der Waals surface area contributed by atoms with Crippen LogP contribution in [0.3, 0.4) is 0 Å². The number of nitrogens with one attached hydrogen (secondary N) is 3. The molecule has 1 fully saturated rings. The number of fused-ring (bicyclic) bond motifs is 1. The maximum atomic E-state index is 12.2. The summed E-state index contributed by atoms with van der Waals surface area (Å²) in [6.45, 7) is 2.10. The fraction of sp³-hybridized carbons (Fsp3) is 0.542. The molecule has 4 rings (SSSR count). The summed E-state index contributed by atoms with van der Waals surface area (Å²) < 4.78 is 5.42. The standard InChI is InChI=1S/C24H32N6O3/c1-17(31)29-24(14-6-2-3-7-15-24)23-28-22(33-30-23)13-12-21(32)25-16-8-11-20-26-18-9-4-5-10-19(18)27-20/h4-5,9-10H,2-3,6-8,11-16H2,1H3,(H,25,32)(H,26,27)(H,29,31). The third kappa shape index (κ3) is 5.97. The normalized spacial score (nSPS) is 15.8. The van der Waals surface area contributed by atoms with Gasteiger partial charge in [-0.1, -0.05) is 43.0 Å². The van der Waals surface area contributed by atoms with Gasteiger partial charge in [-0.15, -0.1) is 0 Å². The van der Waals surface area contributed by atoms with Crippen molar-refractivity contribution >= 4 is 22.8 Å². The number of para-hydroxylation sites is 2. The van der Waals surface area contributed by atoms with Crippen LogP contribution in [0, 0.1) is 0 Å². The van der Waals surface area contributed by atoms with Crippen molar-refractivity contribution in [3.05, 3.63) is 41.8 Å². The summed E-state index contributed by atoms with van der Waals surface area (Å²) in [5, 5.41) is 10.2. The van der Waals surface area contributed by atoms with Crippen molar-refractivity contribution < 1.29 is 14.1 Å². The van der Waals surface area contributed by atoms with Gasteiger partial charge in [0.2, 0.25) is 17.7 Å². The lowest BCUT2D eigenvalue weighted by Crippen LogP contribution is -2.45. The molecule has 0 atom stereocenters. The number of H-pyrrole nitrogens is 1. The number of hydrogen-bond donors (Lipinski definition) is 3. The maximum Gasteiger partial charge on any atom is 0.227 e. The van der Waals surface area contributed by atoms with Crippen LogP contribution in [-0.4, -0.2) is 38.5 Å². The summed E-state index contributed by atoms with van der Waals surface area (Å²) in [4.78, 5) is 36.5. The van der Waals surface area contributed by atoms with Gasteiger partial charge in [-0.3, -0.25) is 9.59 Å². The van der Waals surface area contributed by atoms with Crippen LogP contribution in [0.25, 0.3) is 11.0 Å². The molecule has 2 amide bonds. The number of benzene rings is 1. The maximum absolute atomic E-state index is 12.2. The van der Waals surface area contributed by atoms with Gasteiger partial charge in [0.15, 0.2) is 5.82 Å². The van der Waals surface area contributed by atoms with Crippen LogP contribution >= 0.6 is 0 Å². The Hall–Kier alpha value is -3.23. The monoisotopic (exact) mass is 452 g/mol. The Bertz CT molecular complexity index is 1050. The molecule has 1 aliphatic carbocycles. The van der Waals surface area contributed by atoms with Gasteiger partial charge in [-0.2, -0.15) is 4.98 Å². The van der Waals surface area contributed by atoms with E-state index in [0.717, 1.165) is 68.2 Å². The van der Waals surface area contributed by atoms with Crippen LogP contribution in [0.1, 0.15) is 75.8 Å². The van der Waals surface area contributed by atoms with Gasteiger partial charge in [0.05, 0.1) is 11.0 Å². The van der Waals surface area contributed by atoms with E-state index in [1.54, 1.807) is 0 Å². The summed E-state index contributed by atoms with van der Waals surface area (Å²) in [6, 6.07) is 7.93. The summed E-state index contributed by atoms with van der Waals surface area (Å²) in [7, 11) is 0. The second-order valence-electron chi connectivity index (χ2n) is 8.84. The molecule has 0 spiro atoms. The number of rotatable bonds is 9. The largest absolute Gasteiger partial charge is 0.356 e. The lowest BCUT2D eigenvalue weighted by molar-refractivity contribution is -0.122. The molecule has 2 heterocycles. The molecule has 0 unspecified atom stereocenters. The van der Waals surface area contributed by atoms with Gasteiger partial charge in [0.1, 0.15) is 11.4 Å². The second-order valence-corrected chi connectivity index (χ2v) is 8.84. The minimum absolute atomic E-state index is 0.0506. The Kier molecular flexibility index (Phi) is 7.36. The molecule has 3 aromatic rings. The van der Waals surface area contributed by atoms with Gasteiger partial charge in [-0.25, -0.2) is 4.98 Å². The number of aromatic amines is 1. The highest BCUT2D eigenvalue weighted by atomic mass is 16.5. The molecule has 0 radical (unpaired) electrons. The molecule has 0 aliphatic heterocycles. The van der Waals surface area contributed by atoms with E-state index >= 15 is 0 Å². The second kappa shape index (κ2) is 10.6. The van der Waals surface area contributed by atoms with E-state index in [1.807, 2.05) is 24.3 Å². The minimum atomic E-state index is -0.566. The highest BCUT2D eigenvalue weighted by Crippen LogP contribution is 2.34. The lowest BCUT2D eigenvalue weighted by atomic mass is 9.89. The fourth-order valence-electron chi connectivity index (χ4n) is 4.54. The van der Waals surface area contributed by atoms with Crippen molar-refractivity contribution in [3.8, 4) is 0 Å². The molecule has 0 bridgehead atoms. The van der Waals surface area contributed by atoms with Crippen molar-refractivity contribution in [2.24, 2.45) is 0 Å². The number of carbonyl (C=O) groups excluding carboxylic acids is 2. The van der Waals surface area contributed by atoms with E-state index in [2.05, 4.69) is 30.7 Å². The van der Waals surface area contributed by atoms with E-state index < -0.39 is 5.54 Å². The first-order valence-electron chi connectivity index (χ1n) is 11.9. The zero-order valence-corrected chi connectivity index (χ0v) is 19.2. The lowest BCUT2D eigenvalue weighted by Gasteiger charge is -2.30. The molecule has 33 heavy (non-hydrogen) atoms. The summed E-state index contributed by atoms with van der Waals surface area (Å²) in [5.41, 5.74) is 1.42. The Morgan fingerprint density at radius 2 is 1.88 bits per heavy atom. The number of aromatic nitrogens is 4. The molecule has 1 aromatic carbocycles. The zero-order valence-electron chi connectivity index (χ0n) is 19.2. The summed E-state index contributed by atoms with van der Waals surface area (Å²) in [5.74, 6) is 1.74. The molecule has 0 saturated heterocycles. The third-order valence-corrected chi connectivity index (χ3v) is 6.19. The van der Waals surface area contributed by atoms with E-state index in [9.17, 15) is 9.59 Å². The van der Waals surface area contributed by atoms with Gasteiger partial charge in [0.25, 0.3) is 0 Å². The van der Waals surface area contributed by atoms with E-state index in [1.165, 1.54) is 6.92 Å². The number of imidazole rings is 1. The SMILES string of the molecule is CC(=O)NC1(c2noc(CCC(=O)NCCCc3nc4ccccc4[nH]3)n2)CCCCCC1. The molecule has 9 nitrogen and oxygen atoms in total. The Labute approximate surface area is 193 Å². The average Bonchev–Trinajstić information content (AvgIpc) is 3.38. The van der Waals surface area contributed by atoms with Crippen LogP contribution in [0.15, 0.2) is 28.8 Å². The molecule has 9 heteroatoms. The molecule has 2 aromatic heterocycles. The topological polar surface area (TPSA) is 126 Å². The van der Waals surface area contributed by atoms with Crippen molar-refractivity contribution in [1.82, 2.24) is 30.7 Å². The molecule has 1 aliphatic rings. The van der Waals surface area contributed by atoms with Crippen LogP contribution in [-0.2, 0) is 28.0 Å². The number of amides is 2. The van der Waals surface area contributed by atoms with Crippen LogP contribution < -0.4 is 10.6 Å². The van der Waals surface area contributed by atoms with E-state index in [4.69, 9.17) is 4.52 Å². The molecule has 3 N–H and O–H groups in total. The Morgan fingerprint density at radius 3 is 2.64 bits per heavy atom. The van der Waals surface area contributed by atoms with Gasteiger partial charge < -0.3 is 20.1 Å². The van der Waals surface area contributed by atoms with E-state index in [0.29, 0.717) is 24.7 Å². The smallest absolute Gasteiger partial charge is 0.227 e. The fourth-order valence-corrected chi connectivity index (χ4v) is 4.54.